The molecule has 0 aliphatic carbocycles. The van der Waals surface area contributed by atoms with E-state index < -0.39 is 5.97 Å². The van der Waals surface area contributed by atoms with Gasteiger partial charge in [0.1, 0.15) is 5.75 Å². The summed E-state index contributed by atoms with van der Waals surface area (Å²) in [5.41, 5.74) is 0. The zero-order chi connectivity index (χ0) is 16.3. The monoisotopic (exact) mass is 306 g/mol. The van der Waals surface area contributed by atoms with Gasteiger partial charge in [0.2, 0.25) is 11.5 Å². The van der Waals surface area contributed by atoms with Gasteiger partial charge in [-0.25, -0.2) is 0 Å². The van der Waals surface area contributed by atoms with Crippen LogP contribution in [0.1, 0.15) is 13.8 Å². The minimum Gasteiger partial charge on any atom is -0.504 e. The third-order valence-electron chi connectivity index (χ3n) is 3.09. The maximum absolute atomic E-state index is 11.4. The van der Waals surface area contributed by atoms with Crippen molar-refractivity contribution in [2.75, 3.05) is 20.8 Å². The molecule has 0 fully saturated rings. The molecular weight excluding hydrogens is 288 g/mol. The van der Waals surface area contributed by atoms with Gasteiger partial charge in [0.05, 0.1) is 26.2 Å². The third-order valence-corrected chi connectivity index (χ3v) is 3.09. The Morgan fingerprint density at radius 1 is 1.14 bits per heavy atom. The number of phenolic OH excluding ortho intramolecular Hbond substituents is 1. The lowest BCUT2D eigenvalue weighted by Crippen LogP contribution is -2.05. The highest BCUT2D eigenvalue weighted by atomic mass is 16.6. The van der Waals surface area contributed by atoms with Crippen molar-refractivity contribution < 1.29 is 28.8 Å². The molecule has 0 radical (unpaired) electrons. The number of aromatic hydroxyl groups is 1. The van der Waals surface area contributed by atoms with Crippen LogP contribution in [0.3, 0.4) is 0 Å². The lowest BCUT2D eigenvalue weighted by atomic mass is 10.1. The van der Waals surface area contributed by atoms with Gasteiger partial charge >= 0.3 is 5.97 Å². The summed E-state index contributed by atoms with van der Waals surface area (Å²) >= 11 is 0. The first-order valence-electron chi connectivity index (χ1n) is 6.75. The van der Waals surface area contributed by atoms with Crippen LogP contribution >= 0.6 is 0 Å². The van der Waals surface area contributed by atoms with E-state index in [0.717, 1.165) is 0 Å². The topological polar surface area (TPSA) is 74.2 Å². The number of hydrogen-bond acceptors (Lipinski definition) is 6. The van der Waals surface area contributed by atoms with E-state index in [9.17, 15) is 9.90 Å². The van der Waals surface area contributed by atoms with Crippen LogP contribution in [-0.2, 0) is 4.79 Å². The number of hydrogen-bond donors (Lipinski definition) is 1. The summed E-state index contributed by atoms with van der Waals surface area (Å²) in [6.07, 6.45) is 0. The molecule has 0 saturated heterocycles. The largest absolute Gasteiger partial charge is 0.504 e. The van der Waals surface area contributed by atoms with Crippen molar-refractivity contribution in [2.24, 2.45) is 0 Å². The Hall–Kier alpha value is -2.63. The molecule has 0 spiro atoms. The summed E-state index contributed by atoms with van der Waals surface area (Å²) in [7, 11) is 2.80. The fourth-order valence-electron chi connectivity index (χ4n) is 2.31. The summed E-state index contributed by atoms with van der Waals surface area (Å²) in [5, 5.41) is 11.4. The second-order valence-electron chi connectivity index (χ2n) is 4.45. The predicted molar refractivity (Wildman–Crippen MR) is 81.2 cm³/mol. The second kappa shape index (κ2) is 6.43. The van der Waals surface area contributed by atoms with Crippen LogP contribution in [0.2, 0.25) is 0 Å². The van der Waals surface area contributed by atoms with Gasteiger partial charge in [0.25, 0.3) is 0 Å². The molecule has 0 unspecified atom stereocenters. The maximum Gasteiger partial charge on any atom is 0.308 e. The minimum atomic E-state index is -0.505. The van der Waals surface area contributed by atoms with Gasteiger partial charge in [-0.05, 0) is 13.0 Å². The predicted octanol–water partition coefficient (Wildman–Crippen LogP) is 2.89. The summed E-state index contributed by atoms with van der Waals surface area (Å²) < 4.78 is 21.3. The molecule has 2 aromatic rings. The Bertz CT molecular complexity index is 708. The highest BCUT2D eigenvalue weighted by Crippen LogP contribution is 2.52. The molecule has 0 heterocycles. The Morgan fingerprint density at radius 3 is 2.36 bits per heavy atom. The smallest absolute Gasteiger partial charge is 0.308 e. The summed E-state index contributed by atoms with van der Waals surface area (Å²) in [6, 6.07) is 5.17. The number of rotatable bonds is 5. The van der Waals surface area contributed by atoms with Gasteiger partial charge in [0.15, 0.2) is 11.5 Å². The van der Waals surface area contributed by atoms with Crippen LogP contribution in [0.15, 0.2) is 18.2 Å². The summed E-state index contributed by atoms with van der Waals surface area (Å²) in [5.74, 6) is 0.242. The molecule has 0 aliphatic heterocycles. The van der Waals surface area contributed by atoms with Crippen LogP contribution in [-0.4, -0.2) is 31.9 Å². The highest BCUT2D eigenvalue weighted by Gasteiger charge is 2.25. The van der Waals surface area contributed by atoms with Gasteiger partial charge in [-0.15, -0.1) is 0 Å². The van der Waals surface area contributed by atoms with Crippen LogP contribution in [0.5, 0.6) is 28.7 Å². The van der Waals surface area contributed by atoms with Crippen LogP contribution < -0.4 is 18.9 Å². The Kier molecular flexibility index (Phi) is 4.60. The van der Waals surface area contributed by atoms with Gasteiger partial charge in [-0.2, -0.15) is 0 Å². The van der Waals surface area contributed by atoms with Crippen LogP contribution in [0, 0.1) is 0 Å². The molecule has 0 atom stereocenters. The van der Waals surface area contributed by atoms with Crippen molar-refractivity contribution in [1.82, 2.24) is 0 Å². The van der Waals surface area contributed by atoms with Gasteiger partial charge in [-0.3, -0.25) is 4.79 Å². The van der Waals surface area contributed by atoms with Gasteiger partial charge in [-0.1, -0.05) is 12.1 Å². The quantitative estimate of drug-likeness (QED) is 0.676. The summed E-state index contributed by atoms with van der Waals surface area (Å²) in [4.78, 5) is 11.4. The molecule has 1 N–H and O–H groups in total. The highest BCUT2D eigenvalue weighted by molar-refractivity contribution is 6.03. The molecule has 0 aliphatic rings. The molecule has 0 bridgehead atoms. The normalized spacial score (nSPS) is 10.4. The first kappa shape index (κ1) is 15.8. The number of esters is 1. The number of carbonyl (C=O) groups excluding carboxylic acids is 1. The van der Waals surface area contributed by atoms with Crippen molar-refractivity contribution in [2.45, 2.75) is 13.8 Å². The Labute approximate surface area is 128 Å². The molecule has 0 saturated carbocycles. The zero-order valence-electron chi connectivity index (χ0n) is 12.9. The van der Waals surface area contributed by atoms with E-state index in [0.29, 0.717) is 23.1 Å². The molecular formula is C16H18O6. The minimum absolute atomic E-state index is 0.0819. The molecule has 2 rings (SSSR count). The Balaban J connectivity index is 2.91. The second-order valence-corrected chi connectivity index (χ2v) is 4.45. The van der Waals surface area contributed by atoms with Crippen molar-refractivity contribution in [1.29, 1.82) is 0 Å². The van der Waals surface area contributed by atoms with Crippen molar-refractivity contribution in [3.8, 4) is 28.7 Å². The van der Waals surface area contributed by atoms with E-state index in [1.807, 2.05) is 6.92 Å². The number of ether oxygens (including phenoxy) is 4. The maximum atomic E-state index is 11.4. The lowest BCUT2D eigenvalue weighted by Gasteiger charge is -2.18. The molecule has 22 heavy (non-hydrogen) atoms. The zero-order valence-corrected chi connectivity index (χ0v) is 12.9. The molecule has 6 heteroatoms. The number of carbonyl (C=O) groups is 1. The first-order chi connectivity index (χ1) is 10.5. The first-order valence-corrected chi connectivity index (χ1v) is 6.75. The van der Waals surface area contributed by atoms with Crippen LogP contribution in [0.4, 0.5) is 0 Å². The number of benzene rings is 2. The number of fused-ring (bicyclic) bond motifs is 1. The Morgan fingerprint density at radius 2 is 1.82 bits per heavy atom. The molecule has 118 valence electrons. The molecule has 0 aromatic heterocycles. The van der Waals surface area contributed by atoms with E-state index in [4.69, 9.17) is 18.9 Å². The van der Waals surface area contributed by atoms with E-state index in [-0.39, 0.29) is 23.0 Å². The number of methoxy groups -OCH3 is 2. The van der Waals surface area contributed by atoms with Crippen molar-refractivity contribution in [3.63, 3.8) is 0 Å². The van der Waals surface area contributed by atoms with Crippen molar-refractivity contribution >= 4 is 16.7 Å². The van der Waals surface area contributed by atoms with E-state index >= 15 is 0 Å². The van der Waals surface area contributed by atoms with Crippen molar-refractivity contribution in [3.05, 3.63) is 18.2 Å². The lowest BCUT2D eigenvalue weighted by molar-refractivity contribution is -0.131. The van der Waals surface area contributed by atoms with E-state index in [1.54, 1.807) is 18.2 Å². The standard InChI is InChI=1S/C16H18O6/c1-5-21-11-8-6-7-10-12(11)13(18)15(19-3)16(20-4)14(10)22-9(2)17/h6-8,18H,5H2,1-4H3. The summed E-state index contributed by atoms with van der Waals surface area (Å²) in [6.45, 7) is 3.55. The molecule has 0 amide bonds. The average molecular weight is 306 g/mol. The van der Waals surface area contributed by atoms with E-state index in [1.165, 1.54) is 21.1 Å². The fraction of sp³-hybridized carbons (Fsp3) is 0.312. The molecule has 2 aromatic carbocycles. The number of phenols is 1. The third kappa shape index (κ3) is 2.59. The average Bonchev–Trinajstić information content (AvgIpc) is 2.49. The molecule has 6 nitrogen and oxygen atoms in total. The van der Waals surface area contributed by atoms with Gasteiger partial charge < -0.3 is 24.1 Å². The van der Waals surface area contributed by atoms with E-state index in [2.05, 4.69) is 0 Å². The SMILES string of the molecule is CCOc1cccc2c(OC(C)=O)c(OC)c(OC)c(O)c12. The fourth-order valence-corrected chi connectivity index (χ4v) is 2.31. The van der Waals surface area contributed by atoms with Crippen LogP contribution in [0.25, 0.3) is 10.8 Å². The van der Waals surface area contributed by atoms with Gasteiger partial charge in [0, 0.05) is 12.3 Å².